The van der Waals surface area contributed by atoms with E-state index >= 15 is 0 Å². The highest BCUT2D eigenvalue weighted by atomic mass is 35.5. The van der Waals surface area contributed by atoms with Crippen LogP contribution in [0, 0.1) is 0 Å². The number of rotatable bonds is 3. The lowest BCUT2D eigenvalue weighted by Crippen LogP contribution is -2.04. The first-order valence-corrected chi connectivity index (χ1v) is 7.73. The molecule has 6 nitrogen and oxygen atoms in total. The fourth-order valence-electron chi connectivity index (χ4n) is 2.17. The number of anilines is 1. The second kappa shape index (κ2) is 6.86. The molecule has 0 unspecified atom stereocenters. The molecule has 1 aromatic heterocycles. The van der Waals surface area contributed by atoms with Crippen LogP contribution in [0.5, 0.6) is 11.6 Å². The number of aromatic amines is 1. The fraction of sp³-hybridized carbons (Fsp3) is 0.0625. The number of ether oxygens (including phenoxy) is 1. The molecule has 122 valence electrons. The first-order valence-electron chi connectivity index (χ1n) is 6.94. The number of aromatic nitrogens is 1. The van der Waals surface area contributed by atoms with Crippen molar-refractivity contribution in [1.29, 1.82) is 0 Å². The van der Waals surface area contributed by atoms with Crippen LogP contribution in [0.4, 0.5) is 11.4 Å². The van der Waals surface area contributed by atoms with Crippen molar-refractivity contribution in [2.24, 2.45) is 10.2 Å². The van der Waals surface area contributed by atoms with Crippen molar-refractivity contribution in [2.45, 2.75) is 0 Å². The topological polar surface area (TPSA) is 82.0 Å². The molecule has 0 saturated carbocycles. The molecule has 1 heterocycles. The molecule has 0 amide bonds. The molecule has 0 aliphatic carbocycles. The van der Waals surface area contributed by atoms with E-state index in [0.717, 1.165) is 11.4 Å². The number of halogens is 1. The van der Waals surface area contributed by atoms with Crippen LogP contribution in [0.2, 0.25) is 5.02 Å². The van der Waals surface area contributed by atoms with Gasteiger partial charge >= 0.3 is 0 Å². The Morgan fingerprint density at radius 3 is 2.71 bits per heavy atom. The molecule has 0 radical (unpaired) electrons. The van der Waals surface area contributed by atoms with E-state index in [1.807, 2.05) is 12.1 Å². The maximum Gasteiger partial charge on any atom is 0.218 e. The summed E-state index contributed by atoms with van der Waals surface area (Å²) < 4.78 is 5.09. The second-order valence-electron chi connectivity index (χ2n) is 4.84. The Morgan fingerprint density at radius 2 is 2.00 bits per heavy atom. The first-order chi connectivity index (χ1) is 11.6. The van der Waals surface area contributed by atoms with Crippen LogP contribution in [-0.4, -0.2) is 22.3 Å². The zero-order valence-corrected chi connectivity index (χ0v) is 14.1. The van der Waals surface area contributed by atoms with Crippen molar-refractivity contribution in [2.75, 3.05) is 12.4 Å². The minimum Gasteiger partial charge on any atom is -0.497 e. The lowest BCUT2D eigenvalue weighted by Gasteiger charge is -2.04. The van der Waals surface area contributed by atoms with Gasteiger partial charge < -0.3 is 20.1 Å². The maximum atomic E-state index is 9.97. The standard InChI is InChI=1S/C16H13ClN4O2S/c1-23-10-7-5-9(6-8-10)18-16(24)21-20-14-11-3-2-4-12(17)13(11)19-15(14)22/h2-8,19,22H,1H3,(H,18,24). The minimum atomic E-state index is -0.117. The van der Waals surface area contributed by atoms with Crippen LogP contribution < -0.4 is 10.1 Å². The van der Waals surface area contributed by atoms with Gasteiger partial charge in [0.25, 0.3) is 0 Å². The van der Waals surface area contributed by atoms with E-state index in [2.05, 4.69) is 20.5 Å². The number of para-hydroxylation sites is 1. The van der Waals surface area contributed by atoms with Crippen LogP contribution in [0.3, 0.4) is 0 Å². The third kappa shape index (κ3) is 3.32. The number of azo groups is 1. The second-order valence-corrected chi connectivity index (χ2v) is 5.64. The van der Waals surface area contributed by atoms with Gasteiger partial charge in [-0.3, -0.25) is 0 Å². The molecule has 0 aliphatic heterocycles. The zero-order chi connectivity index (χ0) is 17.1. The quantitative estimate of drug-likeness (QED) is 0.452. The molecule has 24 heavy (non-hydrogen) atoms. The Balaban J connectivity index is 1.79. The molecule has 0 atom stereocenters. The largest absolute Gasteiger partial charge is 0.497 e. The molecule has 0 fully saturated rings. The van der Waals surface area contributed by atoms with E-state index in [1.165, 1.54) is 0 Å². The third-order valence-corrected chi connectivity index (χ3v) is 3.82. The van der Waals surface area contributed by atoms with Crippen LogP contribution >= 0.6 is 23.8 Å². The number of hydrogen-bond donors (Lipinski definition) is 3. The molecule has 2 aromatic carbocycles. The summed E-state index contributed by atoms with van der Waals surface area (Å²) in [5, 5.41) is 22.2. The van der Waals surface area contributed by atoms with Gasteiger partial charge in [-0.25, -0.2) is 0 Å². The van der Waals surface area contributed by atoms with E-state index in [4.69, 9.17) is 28.6 Å². The van der Waals surface area contributed by atoms with Gasteiger partial charge in [-0.2, -0.15) is 0 Å². The van der Waals surface area contributed by atoms with Crippen molar-refractivity contribution in [3.63, 3.8) is 0 Å². The molecule has 8 heteroatoms. The van der Waals surface area contributed by atoms with Crippen LogP contribution in [-0.2, 0) is 0 Å². The number of fused-ring (bicyclic) bond motifs is 1. The van der Waals surface area contributed by atoms with Gasteiger partial charge in [0.15, 0.2) is 5.69 Å². The van der Waals surface area contributed by atoms with Gasteiger partial charge in [-0.1, -0.05) is 23.7 Å². The summed E-state index contributed by atoms with van der Waals surface area (Å²) in [6.45, 7) is 0. The smallest absolute Gasteiger partial charge is 0.218 e. The average molecular weight is 361 g/mol. The summed E-state index contributed by atoms with van der Waals surface area (Å²) in [5.41, 5.74) is 1.64. The summed E-state index contributed by atoms with van der Waals surface area (Å²) in [4.78, 5) is 2.77. The van der Waals surface area contributed by atoms with Crippen molar-refractivity contribution >= 4 is 51.2 Å². The molecule has 0 bridgehead atoms. The lowest BCUT2D eigenvalue weighted by molar-refractivity contribution is 0.415. The number of H-pyrrole nitrogens is 1. The van der Waals surface area contributed by atoms with Crippen LogP contribution in [0.25, 0.3) is 10.9 Å². The molecular weight excluding hydrogens is 348 g/mol. The first kappa shape index (κ1) is 16.2. The van der Waals surface area contributed by atoms with Crippen LogP contribution in [0.1, 0.15) is 0 Å². The van der Waals surface area contributed by atoms with Crippen molar-refractivity contribution < 1.29 is 9.84 Å². The van der Waals surface area contributed by atoms with E-state index < -0.39 is 0 Å². The number of thiocarbonyl (C=S) groups is 1. The maximum absolute atomic E-state index is 9.97. The minimum absolute atomic E-state index is 0.117. The molecule has 0 aliphatic rings. The molecule has 0 spiro atoms. The van der Waals surface area contributed by atoms with E-state index in [0.29, 0.717) is 15.9 Å². The lowest BCUT2D eigenvalue weighted by atomic mass is 10.2. The van der Waals surface area contributed by atoms with Gasteiger partial charge in [-0.05, 0) is 42.5 Å². The number of nitrogens with one attached hydrogen (secondary N) is 2. The Morgan fingerprint density at radius 1 is 1.25 bits per heavy atom. The van der Waals surface area contributed by atoms with Gasteiger partial charge in [-0.15, -0.1) is 10.2 Å². The predicted molar refractivity (Wildman–Crippen MR) is 98.7 cm³/mol. The molecular formula is C16H13ClN4O2S. The molecule has 3 N–H and O–H groups in total. The SMILES string of the molecule is COc1ccc(NC(=S)N=Nc2c(O)[nH]c3c(Cl)cccc23)cc1. The molecule has 3 rings (SSSR count). The number of methoxy groups -OCH3 is 1. The summed E-state index contributed by atoms with van der Waals surface area (Å²) >= 11 is 11.2. The van der Waals surface area contributed by atoms with Gasteiger partial charge in [0, 0.05) is 11.1 Å². The average Bonchev–Trinajstić information content (AvgIpc) is 2.91. The number of hydrogen-bond acceptors (Lipinski definition) is 4. The van der Waals surface area contributed by atoms with E-state index in [9.17, 15) is 5.11 Å². The summed E-state index contributed by atoms with van der Waals surface area (Å²) in [5.74, 6) is 0.628. The Labute approximate surface area is 148 Å². The highest BCUT2D eigenvalue weighted by Gasteiger charge is 2.12. The number of aromatic hydroxyl groups is 1. The normalized spacial score (nSPS) is 11.1. The van der Waals surface area contributed by atoms with Gasteiger partial charge in [0.1, 0.15) is 5.75 Å². The number of benzene rings is 2. The zero-order valence-electron chi connectivity index (χ0n) is 12.6. The molecule has 3 aromatic rings. The van der Waals surface area contributed by atoms with Crippen molar-refractivity contribution in [3.05, 3.63) is 47.5 Å². The van der Waals surface area contributed by atoms with Gasteiger partial charge in [0.05, 0.1) is 17.6 Å². The van der Waals surface area contributed by atoms with E-state index in [-0.39, 0.29) is 16.7 Å². The number of nitrogens with zero attached hydrogens (tertiary/aromatic N) is 2. The van der Waals surface area contributed by atoms with Crippen molar-refractivity contribution in [1.82, 2.24) is 4.98 Å². The van der Waals surface area contributed by atoms with Crippen molar-refractivity contribution in [3.8, 4) is 11.6 Å². The summed E-state index contributed by atoms with van der Waals surface area (Å²) in [7, 11) is 1.60. The highest BCUT2D eigenvalue weighted by molar-refractivity contribution is 7.80. The fourth-order valence-corrected chi connectivity index (χ4v) is 2.55. The Hall–Kier alpha value is -2.64. The molecule has 0 saturated heterocycles. The highest BCUT2D eigenvalue weighted by Crippen LogP contribution is 2.38. The monoisotopic (exact) mass is 360 g/mol. The third-order valence-electron chi connectivity index (χ3n) is 3.32. The van der Waals surface area contributed by atoms with E-state index in [1.54, 1.807) is 37.4 Å². The van der Waals surface area contributed by atoms with Crippen LogP contribution in [0.15, 0.2) is 52.7 Å². The predicted octanol–water partition coefficient (Wildman–Crippen LogP) is 5.02. The Bertz CT molecular complexity index is 922. The van der Waals surface area contributed by atoms with Gasteiger partial charge in [0.2, 0.25) is 11.0 Å². The Kier molecular flexibility index (Phi) is 4.64. The summed E-state index contributed by atoms with van der Waals surface area (Å²) in [6.07, 6.45) is 0. The summed E-state index contributed by atoms with van der Waals surface area (Å²) in [6, 6.07) is 12.5.